The molecule has 2 aromatic carbocycles. The van der Waals surface area contributed by atoms with Crippen LogP contribution in [0.2, 0.25) is 0 Å². The maximum Gasteiger partial charge on any atom is 0.280 e. The molecule has 0 heterocycles. The van der Waals surface area contributed by atoms with Crippen LogP contribution in [0.3, 0.4) is 0 Å². The molecule has 0 bridgehead atoms. The van der Waals surface area contributed by atoms with E-state index in [1.165, 1.54) is 49.4 Å². The number of benzene rings is 2. The highest BCUT2D eigenvalue weighted by molar-refractivity contribution is 7.89. The van der Waals surface area contributed by atoms with E-state index in [0.29, 0.717) is 0 Å². The third kappa shape index (κ3) is 3.27. The predicted molar refractivity (Wildman–Crippen MR) is 95.6 cm³/mol. The number of hydrogen-bond donors (Lipinski definition) is 1. The van der Waals surface area contributed by atoms with Crippen LogP contribution in [0.25, 0.3) is 0 Å². The smallest absolute Gasteiger partial charge is 0.280 e. The summed E-state index contributed by atoms with van der Waals surface area (Å²) in [7, 11) is -3.88. The van der Waals surface area contributed by atoms with Crippen LogP contribution in [-0.4, -0.2) is 30.6 Å². The molecule has 0 aromatic heterocycles. The normalized spacial score (nSPS) is 17.8. The summed E-state index contributed by atoms with van der Waals surface area (Å²) in [4.78, 5) is 39.4. The second-order valence-electron chi connectivity index (χ2n) is 5.90. The van der Waals surface area contributed by atoms with Crippen molar-refractivity contribution in [1.82, 2.24) is 0 Å². The zero-order chi connectivity index (χ0) is 19.9. The first kappa shape index (κ1) is 18.5. The van der Waals surface area contributed by atoms with Gasteiger partial charge in [0.2, 0.25) is 10.0 Å². The maximum atomic E-state index is 12.6. The molecule has 9 nitrogen and oxygen atoms in total. The lowest BCUT2D eigenvalue weighted by atomic mass is 9.99. The molecule has 1 atom stereocenters. The van der Waals surface area contributed by atoms with E-state index in [0.717, 1.165) is 0 Å². The molecular weight excluding hydrogens is 374 g/mol. The van der Waals surface area contributed by atoms with E-state index in [9.17, 15) is 28.1 Å². The first-order chi connectivity index (χ1) is 12.6. The summed E-state index contributed by atoms with van der Waals surface area (Å²) >= 11 is 0. The molecule has 0 saturated carbocycles. The number of carbonyl (C=O) groups is 2. The minimum absolute atomic E-state index is 0.0922. The summed E-state index contributed by atoms with van der Waals surface area (Å²) < 4.78 is 22.7. The van der Waals surface area contributed by atoms with Gasteiger partial charge in [0, 0.05) is 11.6 Å². The third-order valence-corrected chi connectivity index (χ3v) is 5.05. The summed E-state index contributed by atoms with van der Waals surface area (Å²) in [5.41, 5.74) is 0.0383. The number of Topliss-reactive ketones (excluding diaryl/α,β-unsaturated/α-hetero) is 2. The van der Waals surface area contributed by atoms with E-state index < -0.39 is 38.1 Å². The van der Waals surface area contributed by atoms with Crippen LogP contribution in [-0.2, 0) is 14.8 Å². The Labute approximate surface area is 153 Å². The van der Waals surface area contributed by atoms with Crippen molar-refractivity contribution < 1.29 is 22.9 Å². The molecule has 0 radical (unpaired) electrons. The lowest BCUT2D eigenvalue weighted by Gasteiger charge is -2.06. The summed E-state index contributed by atoms with van der Waals surface area (Å²) in [6.45, 7) is 1.21. The van der Waals surface area contributed by atoms with Crippen molar-refractivity contribution in [3.63, 3.8) is 0 Å². The molecule has 2 aromatic rings. The summed E-state index contributed by atoms with van der Waals surface area (Å²) in [6, 6.07) is 9.30. The number of nitro groups is 1. The number of carbonyl (C=O) groups excluding carboxylic acids is 2. The van der Waals surface area contributed by atoms with Gasteiger partial charge in [-0.1, -0.05) is 12.1 Å². The van der Waals surface area contributed by atoms with E-state index in [4.69, 9.17) is 5.14 Å². The molecule has 0 unspecified atom stereocenters. The summed E-state index contributed by atoms with van der Waals surface area (Å²) in [5, 5.41) is 16.3. The number of hydrogen-bond acceptors (Lipinski definition) is 7. The number of rotatable bonds is 4. The fourth-order valence-corrected chi connectivity index (χ4v) is 3.46. The van der Waals surface area contributed by atoms with Crippen LogP contribution < -0.4 is 5.14 Å². The van der Waals surface area contributed by atoms with Crippen LogP contribution >= 0.6 is 0 Å². The van der Waals surface area contributed by atoms with Crippen molar-refractivity contribution >= 4 is 38.7 Å². The van der Waals surface area contributed by atoms with E-state index >= 15 is 0 Å². The molecule has 2 N–H and O–H groups in total. The molecule has 10 heteroatoms. The average Bonchev–Trinajstić information content (AvgIpc) is 2.87. The molecule has 0 saturated heterocycles. The molecule has 3 rings (SSSR count). The van der Waals surface area contributed by atoms with Gasteiger partial charge in [0.25, 0.3) is 5.69 Å². The van der Waals surface area contributed by atoms with Crippen molar-refractivity contribution in [2.75, 3.05) is 0 Å². The molecular formula is C17H13N3O6S. The molecule has 1 aliphatic carbocycles. The average molecular weight is 387 g/mol. The van der Waals surface area contributed by atoms with E-state index in [-0.39, 0.29) is 27.4 Å². The van der Waals surface area contributed by atoms with Crippen LogP contribution in [0.1, 0.15) is 22.8 Å². The van der Waals surface area contributed by atoms with Crippen LogP contribution in [0, 0.1) is 16.0 Å². The van der Waals surface area contributed by atoms with Gasteiger partial charge in [0.05, 0.1) is 21.2 Å². The monoisotopic (exact) mass is 387 g/mol. The minimum atomic E-state index is -3.88. The van der Waals surface area contributed by atoms with Gasteiger partial charge in [-0.25, -0.2) is 13.6 Å². The van der Waals surface area contributed by atoms with Crippen LogP contribution in [0.15, 0.2) is 52.4 Å². The first-order valence-electron chi connectivity index (χ1n) is 7.65. The van der Waals surface area contributed by atoms with Crippen LogP contribution in [0.4, 0.5) is 11.4 Å². The Morgan fingerprint density at radius 3 is 2.33 bits per heavy atom. The van der Waals surface area contributed by atoms with Crippen molar-refractivity contribution in [1.29, 1.82) is 0 Å². The maximum absolute atomic E-state index is 12.6. The molecule has 0 aliphatic heterocycles. The molecule has 27 heavy (non-hydrogen) atoms. The zero-order valence-electron chi connectivity index (χ0n) is 13.9. The molecule has 0 amide bonds. The van der Waals surface area contributed by atoms with Crippen molar-refractivity contribution in [3.05, 3.63) is 63.7 Å². The van der Waals surface area contributed by atoms with E-state index in [1.807, 2.05) is 0 Å². The molecule has 1 aliphatic rings. The predicted octanol–water partition coefficient (Wildman–Crippen LogP) is 1.76. The Morgan fingerprint density at radius 1 is 1.19 bits per heavy atom. The number of ketones is 2. The van der Waals surface area contributed by atoms with Gasteiger partial charge in [-0.05, 0) is 31.2 Å². The standard InChI is InChI=1S/C17H13N3O6S/c1-9(21)14-16(19-10-5-7-11(8-6-10)27(18,25)26)12-3-2-4-13(20(23)24)15(12)17(14)22/h2-8,14H,1H3,(H2,18,25,26)/t14-/m1/s1. The fourth-order valence-electron chi connectivity index (χ4n) is 2.94. The topological polar surface area (TPSA) is 150 Å². The van der Waals surface area contributed by atoms with Gasteiger partial charge in [0.15, 0.2) is 5.78 Å². The van der Waals surface area contributed by atoms with Crippen molar-refractivity contribution in [2.45, 2.75) is 11.8 Å². The second-order valence-corrected chi connectivity index (χ2v) is 7.46. The lowest BCUT2D eigenvalue weighted by molar-refractivity contribution is -0.385. The van der Waals surface area contributed by atoms with Gasteiger partial charge in [-0.15, -0.1) is 0 Å². The quantitative estimate of drug-likeness (QED) is 0.480. The second kappa shape index (κ2) is 6.49. The minimum Gasteiger partial charge on any atom is -0.299 e. The van der Waals surface area contributed by atoms with Gasteiger partial charge in [-0.3, -0.25) is 24.7 Å². The van der Waals surface area contributed by atoms with Gasteiger partial charge in [0.1, 0.15) is 17.3 Å². The molecule has 138 valence electrons. The van der Waals surface area contributed by atoms with Crippen molar-refractivity contribution in [2.24, 2.45) is 16.0 Å². The molecule has 0 fully saturated rings. The third-order valence-electron chi connectivity index (χ3n) is 4.12. The van der Waals surface area contributed by atoms with Gasteiger partial charge in [-0.2, -0.15) is 0 Å². The van der Waals surface area contributed by atoms with E-state index in [2.05, 4.69) is 4.99 Å². The van der Waals surface area contributed by atoms with Crippen molar-refractivity contribution in [3.8, 4) is 0 Å². The highest BCUT2D eigenvalue weighted by Crippen LogP contribution is 2.35. The Hall–Kier alpha value is -3.24. The number of aliphatic imine (C=N–C) groups is 1. The van der Waals surface area contributed by atoms with Crippen LogP contribution in [0.5, 0.6) is 0 Å². The number of nitrogens with zero attached hydrogens (tertiary/aromatic N) is 2. The number of nitrogens with two attached hydrogens (primary N) is 1. The number of nitro benzene ring substituents is 1. The number of sulfonamides is 1. The Morgan fingerprint density at radius 2 is 1.81 bits per heavy atom. The Kier molecular flexibility index (Phi) is 4.46. The lowest BCUT2D eigenvalue weighted by Crippen LogP contribution is -2.23. The largest absolute Gasteiger partial charge is 0.299 e. The Balaban J connectivity index is 2.18. The summed E-state index contributed by atoms with van der Waals surface area (Å²) in [5.74, 6) is -2.42. The highest BCUT2D eigenvalue weighted by atomic mass is 32.2. The zero-order valence-corrected chi connectivity index (χ0v) is 14.8. The fraction of sp³-hybridized carbons (Fsp3) is 0.118. The van der Waals surface area contributed by atoms with E-state index in [1.54, 1.807) is 0 Å². The van der Waals surface area contributed by atoms with Gasteiger partial charge >= 0.3 is 0 Å². The molecule has 0 spiro atoms. The SMILES string of the molecule is CC(=O)[C@H]1C(=O)c2c(cccc2[N+](=O)[O-])C1=Nc1ccc(S(N)(=O)=O)cc1. The highest BCUT2D eigenvalue weighted by Gasteiger charge is 2.43. The Bertz CT molecular complexity index is 1120. The summed E-state index contributed by atoms with van der Waals surface area (Å²) in [6.07, 6.45) is 0. The number of primary sulfonamides is 1. The first-order valence-corrected chi connectivity index (χ1v) is 9.20. The van der Waals surface area contributed by atoms with Gasteiger partial charge < -0.3 is 0 Å². The number of fused-ring (bicyclic) bond motifs is 1.